The fourth-order valence-electron chi connectivity index (χ4n) is 2.06. The lowest BCUT2D eigenvalue weighted by Gasteiger charge is -2.16. The van der Waals surface area contributed by atoms with Crippen molar-refractivity contribution in [1.29, 1.82) is 0 Å². The molecule has 1 aromatic carbocycles. The van der Waals surface area contributed by atoms with Crippen molar-refractivity contribution >= 4 is 15.7 Å². The summed E-state index contributed by atoms with van der Waals surface area (Å²) in [6, 6.07) is 6.78. The molecule has 1 aliphatic rings. The minimum Gasteiger partial charge on any atom is -0.399 e. The van der Waals surface area contributed by atoms with Crippen molar-refractivity contribution < 1.29 is 13.2 Å². The highest BCUT2D eigenvalue weighted by Gasteiger charge is 2.28. The van der Waals surface area contributed by atoms with Crippen molar-refractivity contribution in [3.63, 3.8) is 0 Å². The number of nitrogens with one attached hydrogen (secondary N) is 1. The minimum absolute atomic E-state index is 0.0543. The van der Waals surface area contributed by atoms with E-state index in [2.05, 4.69) is 4.72 Å². The summed E-state index contributed by atoms with van der Waals surface area (Å²) in [5.74, 6) is -0.0543. The molecule has 18 heavy (non-hydrogen) atoms. The van der Waals surface area contributed by atoms with Crippen LogP contribution in [0.25, 0.3) is 0 Å². The molecule has 0 bridgehead atoms. The molecule has 0 spiro atoms. The van der Waals surface area contributed by atoms with Gasteiger partial charge < -0.3 is 10.5 Å². The Morgan fingerprint density at radius 1 is 1.50 bits per heavy atom. The SMILES string of the molecule is CC1OCCC1NS(=O)(=O)Cc1cccc(N)c1. The Hall–Kier alpha value is -1.11. The van der Waals surface area contributed by atoms with Crippen LogP contribution in [-0.4, -0.2) is 27.2 Å². The van der Waals surface area contributed by atoms with E-state index in [0.717, 1.165) is 6.42 Å². The monoisotopic (exact) mass is 270 g/mol. The van der Waals surface area contributed by atoms with Gasteiger partial charge in [-0.05, 0) is 31.0 Å². The number of hydrogen-bond donors (Lipinski definition) is 2. The molecule has 2 rings (SSSR count). The van der Waals surface area contributed by atoms with Crippen LogP contribution in [0.1, 0.15) is 18.9 Å². The third kappa shape index (κ3) is 3.44. The summed E-state index contributed by atoms with van der Waals surface area (Å²) >= 11 is 0. The highest BCUT2D eigenvalue weighted by molar-refractivity contribution is 7.88. The molecule has 0 aliphatic carbocycles. The summed E-state index contributed by atoms with van der Waals surface area (Å²) in [4.78, 5) is 0. The molecular weight excluding hydrogens is 252 g/mol. The van der Waals surface area contributed by atoms with E-state index in [1.807, 2.05) is 6.92 Å². The lowest BCUT2D eigenvalue weighted by atomic mass is 10.2. The summed E-state index contributed by atoms with van der Waals surface area (Å²) in [7, 11) is -3.35. The fraction of sp³-hybridized carbons (Fsp3) is 0.500. The summed E-state index contributed by atoms with van der Waals surface area (Å²) < 4.78 is 32.0. The number of anilines is 1. The molecule has 2 atom stereocenters. The molecule has 100 valence electrons. The topological polar surface area (TPSA) is 81.4 Å². The molecule has 0 saturated carbocycles. The van der Waals surface area contributed by atoms with E-state index in [-0.39, 0.29) is 17.9 Å². The second kappa shape index (κ2) is 5.26. The lowest BCUT2D eigenvalue weighted by Crippen LogP contribution is -2.39. The fourth-order valence-corrected chi connectivity index (χ4v) is 3.53. The first-order chi connectivity index (χ1) is 8.46. The molecular formula is C12H18N2O3S. The molecule has 0 radical (unpaired) electrons. The van der Waals surface area contributed by atoms with Crippen LogP contribution in [0.2, 0.25) is 0 Å². The van der Waals surface area contributed by atoms with Crippen LogP contribution in [0.4, 0.5) is 5.69 Å². The average Bonchev–Trinajstić information content (AvgIpc) is 2.62. The number of nitrogens with two attached hydrogens (primary N) is 1. The standard InChI is InChI=1S/C12H18N2O3S/c1-9-12(5-6-17-9)14-18(15,16)8-10-3-2-4-11(13)7-10/h2-4,7,9,12,14H,5-6,8,13H2,1H3. The molecule has 2 unspecified atom stereocenters. The van der Waals surface area contributed by atoms with Gasteiger partial charge in [0.25, 0.3) is 0 Å². The Morgan fingerprint density at radius 2 is 2.28 bits per heavy atom. The maximum absolute atomic E-state index is 12.0. The van der Waals surface area contributed by atoms with E-state index in [1.165, 1.54) is 0 Å². The Balaban J connectivity index is 2.03. The molecule has 1 saturated heterocycles. The van der Waals surface area contributed by atoms with Crippen LogP contribution in [0.3, 0.4) is 0 Å². The van der Waals surface area contributed by atoms with Crippen molar-refractivity contribution in [2.24, 2.45) is 0 Å². The summed E-state index contributed by atoms with van der Waals surface area (Å²) in [6.45, 7) is 2.48. The van der Waals surface area contributed by atoms with Gasteiger partial charge in [-0.3, -0.25) is 0 Å². The molecule has 1 heterocycles. The molecule has 5 nitrogen and oxygen atoms in total. The van der Waals surface area contributed by atoms with Crippen molar-refractivity contribution in [2.45, 2.75) is 31.2 Å². The van der Waals surface area contributed by atoms with Crippen molar-refractivity contribution in [3.05, 3.63) is 29.8 Å². The van der Waals surface area contributed by atoms with Crippen LogP contribution in [0.5, 0.6) is 0 Å². The van der Waals surface area contributed by atoms with Crippen LogP contribution >= 0.6 is 0 Å². The zero-order valence-corrected chi connectivity index (χ0v) is 11.1. The minimum atomic E-state index is -3.35. The van der Waals surface area contributed by atoms with E-state index in [1.54, 1.807) is 24.3 Å². The van der Waals surface area contributed by atoms with Crippen molar-refractivity contribution in [3.8, 4) is 0 Å². The molecule has 0 aromatic heterocycles. The number of ether oxygens (including phenoxy) is 1. The molecule has 1 aromatic rings. The Labute approximate surface area is 107 Å². The normalized spacial score (nSPS) is 24.3. The average molecular weight is 270 g/mol. The van der Waals surface area contributed by atoms with Gasteiger partial charge >= 0.3 is 0 Å². The molecule has 1 aliphatic heterocycles. The van der Waals surface area contributed by atoms with Crippen molar-refractivity contribution in [2.75, 3.05) is 12.3 Å². The summed E-state index contributed by atoms with van der Waals surface area (Å²) in [5.41, 5.74) is 6.89. The number of nitrogen functional groups attached to an aromatic ring is 1. The van der Waals surface area contributed by atoms with Gasteiger partial charge in [-0.25, -0.2) is 13.1 Å². The van der Waals surface area contributed by atoms with Gasteiger partial charge in [-0.2, -0.15) is 0 Å². The van der Waals surface area contributed by atoms with E-state index in [0.29, 0.717) is 17.9 Å². The lowest BCUT2D eigenvalue weighted by molar-refractivity contribution is 0.117. The van der Waals surface area contributed by atoms with Crippen LogP contribution in [0.15, 0.2) is 24.3 Å². The second-order valence-corrected chi connectivity index (χ2v) is 6.35. The Morgan fingerprint density at radius 3 is 2.89 bits per heavy atom. The quantitative estimate of drug-likeness (QED) is 0.795. The first-order valence-electron chi connectivity index (χ1n) is 5.92. The zero-order valence-electron chi connectivity index (χ0n) is 10.3. The predicted octanol–water partition coefficient (Wildman–Crippen LogP) is 0.866. The van der Waals surface area contributed by atoms with Gasteiger partial charge in [0, 0.05) is 18.3 Å². The van der Waals surface area contributed by atoms with Gasteiger partial charge in [0.1, 0.15) is 0 Å². The molecule has 3 N–H and O–H groups in total. The number of sulfonamides is 1. The highest BCUT2D eigenvalue weighted by atomic mass is 32.2. The second-order valence-electron chi connectivity index (χ2n) is 4.59. The molecule has 1 fully saturated rings. The maximum Gasteiger partial charge on any atom is 0.216 e. The Bertz CT molecular complexity index is 516. The number of hydrogen-bond acceptors (Lipinski definition) is 4. The van der Waals surface area contributed by atoms with Gasteiger partial charge in [-0.15, -0.1) is 0 Å². The third-order valence-electron chi connectivity index (χ3n) is 3.01. The van der Waals surface area contributed by atoms with Gasteiger partial charge in [0.05, 0.1) is 11.9 Å². The maximum atomic E-state index is 12.0. The summed E-state index contributed by atoms with van der Waals surface area (Å²) in [6.07, 6.45) is 0.651. The van der Waals surface area contributed by atoms with Gasteiger partial charge in [0.15, 0.2) is 0 Å². The van der Waals surface area contributed by atoms with E-state index >= 15 is 0 Å². The largest absolute Gasteiger partial charge is 0.399 e. The number of benzene rings is 1. The van der Waals surface area contributed by atoms with E-state index in [4.69, 9.17) is 10.5 Å². The van der Waals surface area contributed by atoms with Crippen LogP contribution < -0.4 is 10.5 Å². The van der Waals surface area contributed by atoms with Gasteiger partial charge in [0.2, 0.25) is 10.0 Å². The predicted molar refractivity (Wildman–Crippen MR) is 70.4 cm³/mol. The molecule has 6 heteroatoms. The van der Waals surface area contributed by atoms with Crippen molar-refractivity contribution in [1.82, 2.24) is 4.72 Å². The summed E-state index contributed by atoms with van der Waals surface area (Å²) in [5, 5.41) is 0. The smallest absolute Gasteiger partial charge is 0.216 e. The highest BCUT2D eigenvalue weighted by Crippen LogP contribution is 2.15. The third-order valence-corrected chi connectivity index (χ3v) is 4.39. The van der Waals surface area contributed by atoms with E-state index < -0.39 is 10.0 Å². The van der Waals surface area contributed by atoms with E-state index in [9.17, 15) is 8.42 Å². The van der Waals surface area contributed by atoms with Gasteiger partial charge in [-0.1, -0.05) is 12.1 Å². The first kappa shape index (κ1) is 13.3. The van der Waals surface area contributed by atoms with Crippen LogP contribution in [-0.2, 0) is 20.5 Å². The number of rotatable bonds is 4. The van der Waals surface area contributed by atoms with Crippen LogP contribution in [0, 0.1) is 0 Å². The zero-order chi connectivity index (χ0) is 13.2. The molecule has 0 amide bonds. The first-order valence-corrected chi connectivity index (χ1v) is 7.57. The Kier molecular flexibility index (Phi) is 3.89.